The highest BCUT2D eigenvalue weighted by Crippen LogP contribution is 2.58. The molecule has 11 heteroatoms. The molecule has 1 aromatic carbocycles. The van der Waals surface area contributed by atoms with E-state index in [1.807, 2.05) is 6.92 Å². The lowest BCUT2D eigenvalue weighted by molar-refractivity contribution is -0.148. The van der Waals surface area contributed by atoms with Gasteiger partial charge in [0.1, 0.15) is 6.10 Å². The predicted molar refractivity (Wildman–Crippen MR) is 131 cm³/mol. The number of likely N-dealkylation sites (tertiary alicyclic amines) is 1. The Hall–Kier alpha value is -2.31. The molecule has 0 aliphatic carbocycles. The number of benzene rings is 1. The summed E-state index contributed by atoms with van der Waals surface area (Å²) in [5.74, 6) is -1.55. The largest absolute Gasteiger partial charge is 0.432 e. The summed E-state index contributed by atoms with van der Waals surface area (Å²) in [6.45, 7) is 7.26. The number of carbonyl (C=O) groups excluding carboxylic acids is 3. The normalized spacial score (nSPS) is 30.9. The van der Waals surface area contributed by atoms with Gasteiger partial charge in [0.15, 0.2) is 13.9 Å². The van der Waals surface area contributed by atoms with E-state index in [-0.39, 0.29) is 30.9 Å². The summed E-state index contributed by atoms with van der Waals surface area (Å²) in [6.07, 6.45) is -0.312. The number of hydrogen-bond acceptors (Lipinski definition) is 7. The molecule has 2 saturated heterocycles. The Bertz CT molecular complexity index is 1030. The fraction of sp³-hybridized carbons (Fsp3) is 0.625. The van der Waals surface area contributed by atoms with Crippen molar-refractivity contribution in [2.45, 2.75) is 75.6 Å². The minimum atomic E-state index is -2.91. The van der Waals surface area contributed by atoms with Crippen LogP contribution in [0.3, 0.4) is 0 Å². The van der Waals surface area contributed by atoms with Crippen LogP contribution in [0.4, 0.5) is 11.4 Å². The standard InChI is InChI=1S/C24H35N3O7Si/c1-13-21(35(3,4)33)19(11-20(30)27-9-5-6-16(27)12-28)34-24(13)17-10-15(25-22(31)14(2)29)7-8-18(17)26-23(24)32/h7-8,10,13-14,16,19,21,28-29,33H,5-6,9,11-12H2,1-4H3,(H,25,31)(H,26,32)/t13-,14+,16+,19+,21-,24+/m1/s1. The van der Waals surface area contributed by atoms with E-state index >= 15 is 0 Å². The van der Waals surface area contributed by atoms with E-state index in [4.69, 9.17) is 4.74 Å². The molecule has 1 spiro atoms. The molecule has 5 N–H and O–H groups in total. The van der Waals surface area contributed by atoms with Crippen LogP contribution in [-0.2, 0) is 24.7 Å². The molecule has 192 valence electrons. The zero-order valence-electron chi connectivity index (χ0n) is 20.6. The number of aliphatic hydroxyl groups excluding tert-OH is 2. The van der Waals surface area contributed by atoms with E-state index in [0.29, 0.717) is 23.5 Å². The van der Waals surface area contributed by atoms with Crippen LogP contribution in [0.5, 0.6) is 0 Å². The van der Waals surface area contributed by atoms with Gasteiger partial charge in [-0.05, 0) is 51.1 Å². The van der Waals surface area contributed by atoms with E-state index in [0.717, 1.165) is 12.8 Å². The van der Waals surface area contributed by atoms with Crippen LogP contribution in [0.2, 0.25) is 18.6 Å². The molecule has 10 nitrogen and oxygen atoms in total. The molecule has 0 bridgehead atoms. The summed E-state index contributed by atoms with van der Waals surface area (Å²) in [6, 6.07) is 4.73. The number of anilines is 2. The Morgan fingerprint density at radius 2 is 2.09 bits per heavy atom. The molecule has 4 rings (SSSR count). The van der Waals surface area contributed by atoms with Gasteiger partial charge in [0.05, 0.1) is 25.2 Å². The Balaban J connectivity index is 1.69. The van der Waals surface area contributed by atoms with Gasteiger partial charge in [-0.15, -0.1) is 0 Å². The number of nitrogens with zero attached hydrogens (tertiary/aromatic N) is 1. The number of aliphatic hydroxyl groups is 2. The van der Waals surface area contributed by atoms with Crippen LogP contribution in [0.25, 0.3) is 0 Å². The molecule has 0 saturated carbocycles. The topological polar surface area (TPSA) is 148 Å². The molecule has 35 heavy (non-hydrogen) atoms. The minimum absolute atomic E-state index is 0.00527. The van der Waals surface area contributed by atoms with Crippen LogP contribution < -0.4 is 10.6 Å². The summed E-state index contributed by atoms with van der Waals surface area (Å²) in [7, 11) is -2.91. The van der Waals surface area contributed by atoms with E-state index < -0.39 is 43.5 Å². The highest BCUT2D eigenvalue weighted by molar-refractivity contribution is 6.71. The van der Waals surface area contributed by atoms with Gasteiger partial charge in [-0.25, -0.2) is 0 Å². The maximum atomic E-state index is 13.4. The lowest BCUT2D eigenvalue weighted by Crippen LogP contribution is -2.44. The van der Waals surface area contributed by atoms with Crippen LogP contribution >= 0.6 is 0 Å². The summed E-state index contributed by atoms with van der Waals surface area (Å²) >= 11 is 0. The molecule has 3 aliphatic rings. The number of hydrogen-bond donors (Lipinski definition) is 5. The molecular formula is C24H35N3O7Si. The van der Waals surface area contributed by atoms with Crippen molar-refractivity contribution in [1.82, 2.24) is 4.90 Å². The second-order valence-electron chi connectivity index (χ2n) is 10.5. The number of amides is 3. The van der Waals surface area contributed by atoms with Crippen molar-refractivity contribution in [3.8, 4) is 0 Å². The maximum Gasteiger partial charge on any atom is 0.261 e. The van der Waals surface area contributed by atoms with E-state index in [1.54, 1.807) is 36.2 Å². The van der Waals surface area contributed by atoms with Crippen LogP contribution in [-0.4, -0.2) is 77.3 Å². The van der Waals surface area contributed by atoms with Crippen molar-refractivity contribution in [1.29, 1.82) is 0 Å². The lowest BCUT2D eigenvalue weighted by Gasteiger charge is -2.32. The lowest BCUT2D eigenvalue weighted by atomic mass is 9.82. The van der Waals surface area contributed by atoms with E-state index in [9.17, 15) is 29.4 Å². The molecular weight excluding hydrogens is 470 g/mol. The highest BCUT2D eigenvalue weighted by Gasteiger charge is 2.65. The highest BCUT2D eigenvalue weighted by atomic mass is 28.4. The summed E-state index contributed by atoms with van der Waals surface area (Å²) in [5.41, 5.74) is -0.356. The smallest absolute Gasteiger partial charge is 0.261 e. The van der Waals surface area contributed by atoms with Crippen LogP contribution in [0, 0.1) is 5.92 Å². The summed E-state index contributed by atoms with van der Waals surface area (Å²) < 4.78 is 6.50. The van der Waals surface area contributed by atoms with Crippen molar-refractivity contribution in [2.75, 3.05) is 23.8 Å². The van der Waals surface area contributed by atoms with Gasteiger partial charge in [0.2, 0.25) is 5.91 Å². The van der Waals surface area contributed by atoms with Crippen molar-refractivity contribution in [3.63, 3.8) is 0 Å². The molecule has 0 radical (unpaired) electrons. The van der Waals surface area contributed by atoms with Gasteiger partial charge in [0, 0.05) is 34.9 Å². The molecule has 6 atom stereocenters. The number of nitrogens with one attached hydrogen (secondary N) is 2. The van der Waals surface area contributed by atoms with Gasteiger partial charge in [-0.2, -0.15) is 0 Å². The second kappa shape index (κ2) is 9.29. The van der Waals surface area contributed by atoms with Gasteiger partial charge in [-0.1, -0.05) is 6.92 Å². The minimum Gasteiger partial charge on any atom is -0.432 e. The number of ether oxygens (including phenoxy) is 1. The molecule has 3 amide bonds. The Morgan fingerprint density at radius 1 is 1.37 bits per heavy atom. The predicted octanol–water partition coefficient (Wildman–Crippen LogP) is 1.13. The Labute approximate surface area is 205 Å². The number of rotatable bonds is 6. The summed E-state index contributed by atoms with van der Waals surface area (Å²) in [5, 5.41) is 24.7. The zero-order chi connectivity index (χ0) is 25.7. The van der Waals surface area contributed by atoms with Crippen molar-refractivity contribution in [2.24, 2.45) is 5.92 Å². The molecule has 3 heterocycles. The quantitative estimate of drug-likeness (QED) is 0.364. The van der Waals surface area contributed by atoms with Crippen molar-refractivity contribution < 1.29 is 34.1 Å². The number of carbonyl (C=O) groups is 3. The van der Waals surface area contributed by atoms with Gasteiger partial charge >= 0.3 is 0 Å². The third-order valence-corrected chi connectivity index (χ3v) is 10.2. The van der Waals surface area contributed by atoms with Gasteiger partial charge < -0.3 is 35.3 Å². The van der Waals surface area contributed by atoms with Gasteiger partial charge in [-0.3, -0.25) is 14.4 Å². The Kier molecular flexibility index (Phi) is 6.84. The Morgan fingerprint density at radius 3 is 2.71 bits per heavy atom. The van der Waals surface area contributed by atoms with E-state index in [2.05, 4.69) is 10.6 Å². The fourth-order valence-electron chi connectivity index (χ4n) is 6.06. The zero-order valence-corrected chi connectivity index (χ0v) is 21.6. The first kappa shape index (κ1) is 25.8. The van der Waals surface area contributed by atoms with Gasteiger partial charge in [0.25, 0.3) is 11.8 Å². The third-order valence-electron chi connectivity index (χ3n) is 7.67. The first-order valence-corrected chi connectivity index (χ1v) is 15.2. The summed E-state index contributed by atoms with van der Waals surface area (Å²) in [4.78, 5) is 51.5. The van der Waals surface area contributed by atoms with E-state index in [1.165, 1.54) is 6.92 Å². The monoisotopic (exact) mass is 505 g/mol. The molecule has 2 fully saturated rings. The molecule has 0 aromatic heterocycles. The van der Waals surface area contributed by atoms with Crippen molar-refractivity contribution in [3.05, 3.63) is 23.8 Å². The first-order chi connectivity index (χ1) is 16.4. The molecule has 3 aliphatic heterocycles. The SMILES string of the molecule is C[C@H](O)C(=O)Nc1ccc2c(c1)[C@]1(O[C@@H](CC(=O)N3CCC[C@H]3CO)[C@H]([Si](C)(C)O)[C@H]1C)C(=O)N2. The van der Waals surface area contributed by atoms with Crippen LogP contribution in [0.15, 0.2) is 18.2 Å². The third kappa shape index (κ3) is 4.40. The number of fused-ring (bicyclic) bond motifs is 2. The molecule has 1 aromatic rings. The average molecular weight is 506 g/mol. The maximum absolute atomic E-state index is 13.4. The second-order valence-corrected chi connectivity index (χ2v) is 14.5. The van der Waals surface area contributed by atoms with Crippen LogP contribution in [0.1, 0.15) is 38.7 Å². The fourth-order valence-corrected chi connectivity index (χ4v) is 8.62. The first-order valence-electron chi connectivity index (χ1n) is 12.2. The average Bonchev–Trinajstić information content (AvgIpc) is 3.44. The van der Waals surface area contributed by atoms with Crippen molar-refractivity contribution >= 4 is 37.4 Å². The molecule has 0 unspecified atom stereocenters.